The fraction of sp³-hybridized carbons (Fsp3) is 0. The standard InChI is InChI=1S/C45H29N5/c1-3-12-30(13-4-1)43-48-44(31-14-5-2-6-15-31)50-45(49-43)36-19-11-18-33(24-36)40-27-32(37-25-34-16-7-9-20-41(34)46-28-37)22-23-39(40)38-26-35-17-8-10-21-42(35)47-29-38/h1-29H. The van der Waals surface area contributed by atoms with Crippen molar-refractivity contribution in [3.63, 3.8) is 0 Å². The second kappa shape index (κ2) is 12.6. The van der Waals surface area contributed by atoms with Crippen LogP contribution in [0.5, 0.6) is 0 Å². The van der Waals surface area contributed by atoms with Gasteiger partial charge < -0.3 is 0 Å². The van der Waals surface area contributed by atoms with E-state index in [2.05, 4.69) is 72.8 Å². The first-order chi connectivity index (χ1) is 24.7. The first-order valence-corrected chi connectivity index (χ1v) is 16.6. The van der Waals surface area contributed by atoms with Gasteiger partial charge >= 0.3 is 0 Å². The molecule has 9 aromatic rings. The molecule has 0 saturated heterocycles. The summed E-state index contributed by atoms with van der Waals surface area (Å²) in [7, 11) is 0. The smallest absolute Gasteiger partial charge is 0.164 e. The number of aromatic nitrogens is 5. The lowest BCUT2D eigenvalue weighted by atomic mass is 9.90. The van der Waals surface area contributed by atoms with Gasteiger partial charge in [0.15, 0.2) is 17.5 Å². The number of fused-ring (bicyclic) bond motifs is 2. The predicted molar refractivity (Wildman–Crippen MR) is 203 cm³/mol. The van der Waals surface area contributed by atoms with Crippen molar-refractivity contribution in [1.29, 1.82) is 0 Å². The van der Waals surface area contributed by atoms with Gasteiger partial charge in [-0.3, -0.25) is 9.97 Å². The Labute approximate surface area is 289 Å². The van der Waals surface area contributed by atoms with Crippen LogP contribution in [0.3, 0.4) is 0 Å². The lowest BCUT2D eigenvalue weighted by molar-refractivity contribution is 1.07. The fourth-order valence-electron chi connectivity index (χ4n) is 6.43. The summed E-state index contributed by atoms with van der Waals surface area (Å²) in [5.74, 6) is 1.88. The van der Waals surface area contributed by atoms with Crippen LogP contribution in [-0.2, 0) is 0 Å². The highest BCUT2D eigenvalue weighted by Crippen LogP contribution is 2.38. The van der Waals surface area contributed by atoms with Crippen LogP contribution >= 0.6 is 0 Å². The molecule has 0 saturated carbocycles. The van der Waals surface area contributed by atoms with E-state index >= 15 is 0 Å². The molecule has 0 bridgehead atoms. The molecule has 50 heavy (non-hydrogen) atoms. The number of pyridine rings is 2. The monoisotopic (exact) mass is 639 g/mol. The molecule has 0 aliphatic carbocycles. The molecular weight excluding hydrogens is 611 g/mol. The second-order valence-electron chi connectivity index (χ2n) is 12.2. The Hall–Kier alpha value is -6.85. The Kier molecular flexibility index (Phi) is 7.41. The van der Waals surface area contributed by atoms with Crippen LogP contribution < -0.4 is 0 Å². The van der Waals surface area contributed by atoms with Gasteiger partial charge in [-0.05, 0) is 58.7 Å². The van der Waals surface area contributed by atoms with E-state index in [1.807, 2.05) is 103 Å². The molecule has 5 heteroatoms. The molecule has 0 N–H and O–H groups in total. The molecule has 0 fully saturated rings. The first-order valence-electron chi connectivity index (χ1n) is 16.6. The van der Waals surface area contributed by atoms with Crippen LogP contribution in [0.15, 0.2) is 176 Å². The summed E-state index contributed by atoms with van der Waals surface area (Å²) >= 11 is 0. The van der Waals surface area contributed by atoms with Crippen LogP contribution in [0.4, 0.5) is 0 Å². The van der Waals surface area contributed by atoms with Gasteiger partial charge in [-0.25, -0.2) is 15.0 Å². The Morgan fingerprint density at radius 2 is 0.780 bits per heavy atom. The van der Waals surface area contributed by atoms with Gasteiger partial charge in [0.1, 0.15) is 0 Å². The van der Waals surface area contributed by atoms with Crippen molar-refractivity contribution in [3.8, 4) is 67.5 Å². The summed E-state index contributed by atoms with van der Waals surface area (Å²) < 4.78 is 0. The largest absolute Gasteiger partial charge is 0.256 e. The van der Waals surface area contributed by atoms with Crippen LogP contribution in [-0.4, -0.2) is 24.9 Å². The maximum atomic E-state index is 5.00. The average molecular weight is 640 g/mol. The first kappa shape index (κ1) is 29.3. The Morgan fingerprint density at radius 1 is 0.280 bits per heavy atom. The summed E-state index contributed by atoms with van der Waals surface area (Å²) in [4.78, 5) is 24.5. The summed E-state index contributed by atoms with van der Waals surface area (Å²) in [5, 5.41) is 2.20. The third kappa shape index (κ3) is 5.67. The molecule has 0 aliphatic heterocycles. The highest BCUT2D eigenvalue weighted by atomic mass is 15.0. The van der Waals surface area contributed by atoms with Gasteiger partial charge in [0.05, 0.1) is 11.0 Å². The summed E-state index contributed by atoms with van der Waals surface area (Å²) in [6.07, 6.45) is 3.92. The second-order valence-corrected chi connectivity index (χ2v) is 12.2. The lowest BCUT2D eigenvalue weighted by Gasteiger charge is -2.15. The highest BCUT2D eigenvalue weighted by Gasteiger charge is 2.16. The van der Waals surface area contributed by atoms with E-state index in [0.717, 1.165) is 71.9 Å². The van der Waals surface area contributed by atoms with Crippen molar-refractivity contribution in [3.05, 3.63) is 176 Å². The molecule has 3 heterocycles. The van der Waals surface area contributed by atoms with Crippen molar-refractivity contribution >= 4 is 21.8 Å². The molecule has 9 rings (SSSR count). The normalized spacial score (nSPS) is 11.2. The van der Waals surface area contributed by atoms with Crippen molar-refractivity contribution < 1.29 is 0 Å². The summed E-state index contributed by atoms with van der Waals surface area (Å²) in [6.45, 7) is 0. The van der Waals surface area contributed by atoms with Gasteiger partial charge in [0, 0.05) is 51.0 Å². The quantitative estimate of drug-likeness (QED) is 0.181. The van der Waals surface area contributed by atoms with E-state index in [4.69, 9.17) is 24.9 Å². The van der Waals surface area contributed by atoms with Crippen LogP contribution in [0.1, 0.15) is 0 Å². The highest BCUT2D eigenvalue weighted by molar-refractivity contribution is 5.92. The third-order valence-corrected chi connectivity index (χ3v) is 8.98. The molecule has 6 aromatic carbocycles. The van der Waals surface area contributed by atoms with Gasteiger partial charge in [-0.2, -0.15) is 0 Å². The van der Waals surface area contributed by atoms with Crippen molar-refractivity contribution in [1.82, 2.24) is 24.9 Å². The molecule has 0 atom stereocenters. The number of para-hydroxylation sites is 2. The topological polar surface area (TPSA) is 64.5 Å². The number of benzene rings is 6. The Bertz CT molecular complexity index is 2600. The zero-order valence-corrected chi connectivity index (χ0v) is 27.0. The van der Waals surface area contributed by atoms with Gasteiger partial charge in [0.25, 0.3) is 0 Å². The SMILES string of the molecule is c1ccc(-c2nc(-c3ccccc3)nc(-c3cccc(-c4cc(-c5cnc6ccccc6c5)ccc4-c4cnc5ccccc5c4)c3)n2)cc1. The van der Waals surface area contributed by atoms with E-state index in [-0.39, 0.29) is 0 Å². The molecule has 0 radical (unpaired) electrons. The zero-order chi connectivity index (χ0) is 33.3. The molecule has 0 amide bonds. The van der Waals surface area contributed by atoms with Crippen LogP contribution in [0, 0.1) is 0 Å². The average Bonchev–Trinajstić information content (AvgIpc) is 3.21. The fourth-order valence-corrected chi connectivity index (χ4v) is 6.43. The minimum absolute atomic E-state index is 0.614. The van der Waals surface area contributed by atoms with E-state index in [9.17, 15) is 0 Å². The lowest BCUT2D eigenvalue weighted by Crippen LogP contribution is -2.00. The summed E-state index contributed by atoms with van der Waals surface area (Å²) in [6, 6.07) is 56.1. The molecule has 3 aromatic heterocycles. The maximum Gasteiger partial charge on any atom is 0.164 e. The number of rotatable bonds is 6. The zero-order valence-electron chi connectivity index (χ0n) is 27.0. The third-order valence-electron chi connectivity index (χ3n) is 8.98. The molecule has 0 unspecified atom stereocenters. The molecule has 5 nitrogen and oxygen atoms in total. The van der Waals surface area contributed by atoms with Gasteiger partial charge in [0.2, 0.25) is 0 Å². The number of nitrogens with zero attached hydrogens (tertiary/aromatic N) is 5. The maximum absolute atomic E-state index is 5.00. The van der Waals surface area contributed by atoms with Crippen molar-refractivity contribution in [2.75, 3.05) is 0 Å². The van der Waals surface area contributed by atoms with E-state index < -0.39 is 0 Å². The Balaban J connectivity index is 1.22. The van der Waals surface area contributed by atoms with Crippen LogP contribution in [0.2, 0.25) is 0 Å². The van der Waals surface area contributed by atoms with Crippen LogP contribution in [0.25, 0.3) is 89.4 Å². The van der Waals surface area contributed by atoms with Gasteiger partial charge in [-0.15, -0.1) is 0 Å². The molecule has 234 valence electrons. The number of hydrogen-bond acceptors (Lipinski definition) is 5. The molecular formula is C45H29N5. The predicted octanol–water partition coefficient (Wildman–Crippen LogP) is 11.0. The number of hydrogen-bond donors (Lipinski definition) is 0. The summed E-state index contributed by atoms with van der Waals surface area (Å²) in [5.41, 5.74) is 11.1. The van der Waals surface area contributed by atoms with E-state index in [1.54, 1.807) is 0 Å². The van der Waals surface area contributed by atoms with Crippen molar-refractivity contribution in [2.45, 2.75) is 0 Å². The minimum atomic E-state index is 0.614. The van der Waals surface area contributed by atoms with Crippen molar-refractivity contribution in [2.24, 2.45) is 0 Å². The Morgan fingerprint density at radius 3 is 1.42 bits per heavy atom. The minimum Gasteiger partial charge on any atom is -0.256 e. The van der Waals surface area contributed by atoms with Gasteiger partial charge in [-0.1, -0.05) is 127 Å². The van der Waals surface area contributed by atoms with E-state index in [0.29, 0.717) is 17.5 Å². The van der Waals surface area contributed by atoms with E-state index in [1.165, 1.54) is 0 Å². The molecule has 0 aliphatic rings. The molecule has 0 spiro atoms.